The molecular formula is C23H26BrNO4. The number of hydrogen-bond acceptors (Lipinski definition) is 5. The number of benzene rings is 2. The average molecular weight is 460 g/mol. The summed E-state index contributed by atoms with van der Waals surface area (Å²) in [5.41, 5.74) is 2.77. The maximum atomic E-state index is 10.7. The van der Waals surface area contributed by atoms with Crippen LogP contribution in [0.1, 0.15) is 36.0 Å². The van der Waals surface area contributed by atoms with Crippen molar-refractivity contribution >= 4 is 15.9 Å². The summed E-state index contributed by atoms with van der Waals surface area (Å²) in [6.45, 7) is 4.00. The third-order valence-corrected chi connectivity index (χ3v) is 6.55. The minimum atomic E-state index is 0.0676. The number of hydrogen-bond donors (Lipinski definition) is 3. The summed E-state index contributed by atoms with van der Waals surface area (Å²) in [5.74, 6) is 2.47. The van der Waals surface area contributed by atoms with Crippen molar-refractivity contribution in [1.29, 1.82) is 0 Å². The Morgan fingerprint density at radius 3 is 2.93 bits per heavy atom. The van der Waals surface area contributed by atoms with Crippen LogP contribution < -0.4 is 14.8 Å². The molecule has 2 unspecified atom stereocenters. The van der Waals surface area contributed by atoms with Crippen LogP contribution in [-0.4, -0.2) is 29.9 Å². The maximum absolute atomic E-state index is 10.7. The van der Waals surface area contributed by atoms with Crippen LogP contribution in [-0.2, 0) is 13.0 Å². The summed E-state index contributed by atoms with van der Waals surface area (Å²) in [5, 5.41) is 24.0. The molecule has 2 heterocycles. The van der Waals surface area contributed by atoms with Gasteiger partial charge in [0.1, 0.15) is 23.9 Å². The molecule has 154 valence electrons. The molecule has 2 atom stereocenters. The second kappa shape index (κ2) is 8.78. The summed E-state index contributed by atoms with van der Waals surface area (Å²) in [6.07, 6.45) is 3.47. The first-order valence-corrected chi connectivity index (χ1v) is 10.8. The quantitative estimate of drug-likeness (QED) is 0.622. The van der Waals surface area contributed by atoms with Gasteiger partial charge in [-0.25, -0.2) is 0 Å². The third kappa shape index (κ3) is 4.15. The topological polar surface area (TPSA) is 71.0 Å². The van der Waals surface area contributed by atoms with Crippen molar-refractivity contribution in [2.24, 2.45) is 5.92 Å². The zero-order valence-electron chi connectivity index (χ0n) is 16.5. The summed E-state index contributed by atoms with van der Waals surface area (Å²) in [4.78, 5) is 0. The molecule has 0 bridgehead atoms. The highest BCUT2D eigenvalue weighted by Gasteiger charge is 2.34. The van der Waals surface area contributed by atoms with Gasteiger partial charge < -0.3 is 25.0 Å². The van der Waals surface area contributed by atoms with E-state index in [9.17, 15) is 10.2 Å². The number of aliphatic hydroxyl groups is 1. The molecule has 0 saturated carbocycles. The Morgan fingerprint density at radius 1 is 1.31 bits per heavy atom. The van der Waals surface area contributed by atoms with Gasteiger partial charge in [0.05, 0.1) is 5.76 Å². The van der Waals surface area contributed by atoms with Crippen molar-refractivity contribution in [2.45, 2.75) is 32.3 Å². The Balaban J connectivity index is 1.76. The van der Waals surface area contributed by atoms with Crippen LogP contribution in [0.3, 0.4) is 0 Å². The van der Waals surface area contributed by atoms with Crippen molar-refractivity contribution in [2.75, 3.05) is 19.7 Å². The van der Waals surface area contributed by atoms with Crippen molar-refractivity contribution in [3.8, 4) is 17.2 Å². The van der Waals surface area contributed by atoms with Gasteiger partial charge in [-0.3, -0.25) is 0 Å². The highest BCUT2D eigenvalue weighted by atomic mass is 79.9. The number of nitrogens with one attached hydrogen (secondary N) is 1. The minimum Gasteiger partial charge on any atom is -0.507 e. The van der Waals surface area contributed by atoms with Gasteiger partial charge in [-0.15, -0.1) is 0 Å². The Labute approximate surface area is 179 Å². The largest absolute Gasteiger partial charge is 0.507 e. The number of ether oxygens (including phenoxy) is 2. The Morgan fingerprint density at radius 2 is 2.14 bits per heavy atom. The Hall–Kier alpha value is -2.02. The third-order valence-electron chi connectivity index (χ3n) is 5.77. The summed E-state index contributed by atoms with van der Waals surface area (Å²) in [7, 11) is 0. The average Bonchev–Trinajstić information content (AvgIpc) is 2.73. The fraction of sp³-hybridized carbons (Fsp3) is 0.391. The summed E-state index contributed by atoms with van der Waals surface area (Å²) in [6, 6.07) is 9.63. The molecule has 2 aliphatic heterocycles. The van der Waals surface area contributed by atoms with Gasteiger partial charge in [-0.2, -0.15) is 0 Å². The lowest BCUT2D eigenvalue weighted by Crippen LogP contribution is -2.37. The molecule has 1 saturated heterocycles. The second-order valence-electron chi connectivity index (χ2n) is 7.66. The summed E-state index contributed by atoms with van der Waals surface area (Å²) >= 11 is 3.57. The number of allylic oxidation sites excluding steroid dienone is 2. The molecule has 3 N–H and O–H groups in total. The molecule has 4 rings (SSSR count). The van der Waals surface area contributed by atoms with E-state index in [4.69, 9.17) is 9.47 Å². The number of phenolic OH excluding ortho intramolecular Hbond substituents is 1. The van der Waals surface area contributed by atoms with Gasteiger partial charge in [-0.1, -0.05) is 34.1 Å². The highest BCUT2D eigenvalue weighted by molar-refractivity contribution is 9.10. The van der Waals surface area contributed by atoms with Gasteiger partial charge in [0.15, 0.2) is 0 Å². The van der Waals surface area contributed by atoms with Gasteiger partial charge >= 0.3 is 0 Å². The van der Waals surface area contributed by atoms with E-state index in [1.165, 1.54) is 0 Å². The molecule has 2 aromatic rings. The van der Waals surface area contributed by atoms with E-state index in [1.807, 2.05) is 37.3 Å². The molecule has 0 spiro atoms. The van der Waals surface area contributed by atoms with E-state index < -0.39 is 0 Å². The smallest absolute Gasteiger partial charge is 0.141 e. The lowest BCUT2D eigenvalue weighted by Gasteiger charge is -2.34. The van der Waals surface area contributed by atoms with Crippen molar-refractivity contribution in [1.82, 2.24) is 5.32 Å². The zero-order chi connectivity index (χ0) is 20.4. The van der Waals surface area contributed by atoms with E-state index in [2.05, 4.69) is 21.2 Å². The SMILES string of the molecule is CC1=CCc2c(O)cc(OCc3ccccc3Br)c(C3CCNCC3CO)c2O1. The van der Waals surface area contributed by atoms with Gasteiger partial charge in [0.2, 0.25) is 0 Å². The lowest BCUT2D eigenvalue weighted by atomic mass is 9.79. The van der Waals surface area contributed by atoms with Crippen LogP contribution in [0, 0.1) is 5.92 Å². The molecule has 2 aromatic carbocycles. The molecule has 0 aromatic heterocycles. The second-order valence-corrected chi connectivity index (χ2v) is 8.51. The molecule has 0 aliphatic carbocycles. The van der Waals surface area contributed by atoms with Crippen molar-refractivity contribution in [3.63, 3.8) is 0 Å². The number of phenols is 1. The molecule has 1 fully saturated rings. The first-order valence-electron chi connectivity index (χ1n) is 9.99. The molecule has 6 heteroatoms. The molecule has 0 radical (unpaired) electrons. The van der Waals surface area contributed by atoms with Crippen molar-refractivity contribution < 1.29 is 19.7 Å². The highest BCUT2D eigenvalue weighted by Crippen LogP contribution is 2.49. The molecule has 0 amide bonds. The van der Waals surface area contributed by atoms with Crippen LogP contribution >= 0.6 is 15.9 Å². The van der Waals surface area contributed by atoms with Crippen LogP contribution in [0.4, 0.5) is 0 Å². The Bertz CT molecular complexity index is 927. The number of fused-ring (bicyclic) bond motifs is 1. The number of halogens is 1. The molecule has 29 heavy (non-hydrogen) atoms. The first-order chi connectivity index (χ1) is 14.1. The predicted molar refractivity (Wildman–Crippen MR) is 115 cm³/mol. The minimum absolute atomic E-state index is 0.0676. The van der Waals surface area contributed by atoms with Crippen LogP contribution in [0.15, 0.2) is 46.6 Å². The number of rotatable bonds is 5. The summed E-state index contributed by atoms with van der Waals surface area (Å²) < 4.78 is 13.3. The van der Waals surface area contributed by atoms with E-state index in [-0.39, 0.29) is 24.2 Å². The van der Waals surface area contributed by atoms with E-state index in [0.717, 1.165) is 46.4 Å². The normalized spacial score (nSPS) is 21.1. The van der Waals surface area contributed by atoms with Gasteiger partial charge in [0.25, 0.3) is 0 Å². The number of piperidine rings is 1. The van der Waals surface area contributed by atoms with Gasteiger partial charge in [-0.05, 0) is 37.9 Å². The molecular weight excluding hydrogens is 434 g/mol. The molecule has 2 aliphatic rings. The van der Waals surface area contributed by atoms with Crippen molar-refractivity contribution in [3.05, 3.63) is 63.3 Å². The fourth-order valence-electron chi connectivity index (χ4n) is 4.18. The first kappa shape index (κ1) is 20.3. The van der Waals surface area contributed by atoms with Gasteiger partial charge in [0, 0.05) is 52.7 Å². The monoisotopic (exact) mass is 459 g/mol. The van der Waals surface area contributed by atoms with E-state index >= 15 is 0 Å². The van der Waals surface area contributed by atoms with E-state index in [1.54, 1.807) is 6.07 Å². The van der Waals surface area contributed by atoms with Crippen LogP contribution in [0.25, 0.3) is 0 Å². The Kier molecular flexibility index (Phi) is 6.13. The van der Waals surface area contributed by atoms with Crippen LogP contribution in [0.5, 0.6) is 17.2 Å². The maximum Gasteiger partial charge on any atom is 0.141 e. The fourth-order valence-corrected chi connectivity index (χ4v) is 4.58. The standard InChI is InChI=1S/C23H26BrNO4/c1-14-6-7-18-20(27)10-21(28-13-15-4-2-3-5-19(15)24)22(23(18)29-14)17-8-9-25-11-16(17)12-26/h2-6,10,16-17,25-27H,7-9,11-13H2,1H3. The number of aromatic hydroxyl groups is 1. The van der Waals surface area contributed by atoms with Crippen LogP contribution in [0.2, 0.25) is 0 Å². The van der Waals surface area contributed by atoms with E-state index in [0.29, 0.717) is 24.5 Å². The number of aliphatic hydroxyl groups excluding tert-OH is 1. The molecule has 5 nitrogen and oxygen atoms in total. The lowest BCUT2D eigenvalue weighted by molar-refractivity contribution is 0.174. The zero-order valence-corrected chi connectivity index (χ0v) is 18.0. The predicted octanol–water partition coefficient (Wildman–Crippen LogP) is 4.26.